The molecule has 3 rings (SSSR count). The fourth-order valence-corrected chi connectivity index (χ4v) is 3.67. The van der Waals surface area contributed by atoms with Crippen molar-refractivity contribution in [2.75, 3.05) is 57.2 Å². The molecule has 138 valence electrons. The van der Waals surface area contributed by atoms with Crippen molar-refractivity contribution in [2.24, 2.45) is 5.92 Å². The monoisotopic (exact) mass is 346 g/mol. The van der Waals surface area contributed by atoms with E-state index in [9.17, 15) is 4.79 Å². The van der Waals surface area contributed by atoms with Crippen LogP contribution in [0.2, 0.25) is 0 Å². The minimum Gasteiger partial charge on any atom is -0.381 e. The number of rotatable bonds is 5. The zero-order valence-corrected chi connectivity index (χ0v) is 15.3. The maximum absolute atomic E-state index is 12.3. The SMILES string of the molecule is CN(C)c1ccccc1NC(=O)NC1CCN(C[C@H]2CCOC2)CC1. The third kappa shape index (κ3) is 5.09. The molecule has 2 aliphatic rings. The normalized spacial score (nSPS) is 21.9. The Hall–Kier alpha value is -1.79. The van der Waals surface area contributed by atoms with Gasteiger partial charge in [0.25, 0.3) is 0 Å². The average molecular weight is 346 g/mol. The van der Waals surface area contributed by atoms with Crippen LogP contribution in [-0.4, -0.2) is 63.9 Å². The lowest BCUT2D eigenvalue weighted by molar-refractivity contribution is 0.148. The van der Waals surface area contributed by atoms with Crippen LogP contribution in [-0.2, 0) is 4.74 Å². The third-order valence-corrected chi connectivity index (χ3v) is 5.10. The predicted molar refractivity (Wildman–Crippen MR) is 101 cm³/mol. The molecule has 2 heterocycles. The minimum atomic E-state index is -0.114. The van der Waals surface area contributed by atoms with Crippen LogP contribution in [0.1, 0.15) is 19.3 Å². The lowest BCUT2D eigenvalue weighted by atomic mass is 10.0. The summed E-state index contributed by atoms with van der Waals surface area (Å²) in [5, 5.41) is 6.12. The Labute approximate surface area is 150 Å². The highest BCUT2D eigenvalue weighted by Gasteiger charge is 2.24. The molecule has 0 aromatic heterocycles. The molecule has 0 spiro atoms. The summed E-state index contributed by atoms with van der Waals surface area (Å²) in [6, 6.07) is 7.99. The Morgan fingerprint density at radius 2 is 2.00 bits per heavy atom. The van der Waals surface area contributed by atoms with E-state index in [1.54, 1.807) is 0 Å². The largest absolute Gasteiger partial charge is 0.381 e. The molecule has 0 aliphatic carbocycles. The molecule has 0 bridgehead atoms. The number of hydrogen-bond acceptors (Lipinski definition) is 4. The van der Waals surface area contributed by atoms with Gasteiger partial charge < -0.3 is 25.2 Å². The van der Waals surface area contributed by atoms with Crippen LogP contribution in [0.25, 0.3) is 0 Å². The quantitative estimate of drug-likeness (QED) is 0.859. The van der Waals surface area contributed by atoms with Crippen molar-refractivity contribution in [1.29, 1.82) is 0 Å². The zero-order chi connectivity index (χ0) is 17.6. The fraction of sp³-hybridized carbons (Fsp3) is 0.632. The first-order valence-corrected chi connectivity index (χ1v) is 9.26. The van der Waals surface area contributed by atoms with Crippen molar-refractivity contribution in [3.05, 3.63) is 24.3 Å². The number of piperidine rings is 1. The van der Waals surface area contributed by atoms with E-state index in [0.29, 0.717) is 5.92 Å². The standard InChI is InChI=1S/C19H30N4O2/c1-22(2)18-6-4-3-5-17(18)21-19(24)20-16-7-10-23(11-8-16)13-15-9-12-25-14-15/h3-6,15-16H,7-14H2,1-2H3,(H2,20,21,24)/t15-/m1/s1. The summed E-state index contributed by atoms with van der Waals surface area (Å²) in [5.74, 6) is 0.690. The van der Waals surface area contributed by atoms with E-state index in [2.05, 4.69) is 15.5 Å². The van der Waals surface area contributed by atoms with Crippen LogP contribution in [0, 0.1) is 5.92 Å². The number of hydrogen-bond donors (Lipinski definition) is 2. The predicted octanol–water partition coefficient (Wildman–Crippen LogP) is 2.38. The first kappa shape index (κ1) is 18.0. The summed E-state index contributed by atoms with van der Waals surface area (Å²) < 4.78 is 5.46. The van der Waals surface area contributed by atoms with Crippen LogP contribution in [0.5, 0.6) is 0 Å². The molecule has 1 aromatic carbocycles. The Morgan fingerprint density at radius 1 is 1.24 bits per heavy atom. The van der Waals surface area contributed by atoms with Gasteiger partial charge in [-0.25, -0.2) is 4.79 Å². The van der Waals surface area contributed by atoms with E-state index < -0.39 is 0 Å². The highest BCUT2D eigenvalue weighted by atomic mass is 16.5. The van der Waals surface area contributed by atoms with Gasteiger partial charge in [0.1, 0.15) is 0 Å². The summed E-state index contributed by atoms with van der Waals surface area (Å²) in [6.07, 6.45) is 3.21. The molecule has 2 N–H and O–H groups in total. The molecule has 0 radical (unpaired) electrons. The van der Waals surface area contributed by atoms with Crippen LogP contribution in [0.15, 0.2) is 24.3 Å². The second-order valence-electron chi connectivity index (χ2n) is 7.31. The second-order valence-corrected chi connectivity index (χ2v) is 7.31. The second kappa shape index (κ2) is 8.54. The molecular formula is C19H30N4O2. The van der Waals surface area contributed by atoms with Crippen molar-refractivity contribution in [3.63, 3.8) is 0 Å². The van der Waals surface area contributed by atoms with Crippen LogP contribution in [0.3, 0.4) is 0 Å². The van der Waals surface area contributed by atoms with Gasteiger partial charge in [-0.05, 0) is 37.3 Å². The third-order valence-electron chi connectivity index (χ3n) is 5.10. The lowest BCUT2D eigenvalue weighted by Crippen LogP contribution is -2.47. The van der Waals surface area contributed by atoms with Gasteiger partial charge in [-0.1, -0.05) is 12.1 Å². The summed E-state index contributed by atoms with van der Waals surface area (Å²) in [7, 11) is 3.95. The number of amides is 2. The Bertz CT molecular complexity index is 564. The maximum Gasteiger partial charge on any atom is 0.319 e. The number of urea groups is 1. The molecule has 6 nitrogen and oxygen atoms in total. The number of ether oxygens (including phenoxy) is 1. The van der Waals surface area contributed by atoms with Gasteiger partial charge in [0.2, 0.25) is 0 Å². The van der Waals surface area contributed by atoms with Crippen LogP contribution in [0.4, 0.5) is 16.2 Å². The molecule has 0 unspecified atom stereocenters. The molecule has 1 aromatic rings. The number of nitrogens with zero attached hydrogens (tertiary/aromatic N) is 2. The van der Waals surface area contributed by atoms with Crippen molar-refractivity contribution in [2.45, 2.75) is 25.3 Å². The summed E-state index contributed by atoms with van der Waals surface area (Å²) in [5.41, 5.74) is 1.84. The fourth-order valence-electron chi connectivity index (χ4n) is 3.67. The topological polar surface area (TPSA) is 56.8 Å². The van der Waals surface area contributed by atoms with E-state index in [4.69, 9.17) is 4.74 Å². The first-order valence-electron chi connectivity index (χ1n) is 9.26. The van der Waals surface area contributed by atoms with Crippen molar-refractivity contribution in [3.8, 4) is 0 Å². The van der Waals surface area contributed by atoms with Gasteiger partial charge in [-0.2, -0.15) is 0 Å². The van der Waals surface area contributed by atoms with Crippen molar-refractivity contribution in [1.82, 2.24) is 10.2 Å². The smallest absolute Gasteiger partial charge is 0.319 e. The molecule has 2 fully saturated rings. The van der Waals surface area contributed by atoms with Gasteiger partial charge in [-0.15, -0.1) is 0 Å². The molecular weight excluding hydrogens is 316 g/mol. The summed E-state index contributed by atoms with van der Waals surface area (Å²) in [6.45, 7) is 5.06. The van der Waals surface area contributed by atoms with E-state index in [0.717, 1.165) is 57.1 Å². The number of benzene rings is 1. The molecule has 2 saturated heterocycles. The Balaban J connectivity index is 1.43. The average Bonchev–Trinajstić information content (AvgIpc) is 3.10. The minimum absolute atomic E-state index is 0.114. The Kier molecular flexibility index (Phi) is 6.15. The van der Waals surface area contributed by atoms with E-state index in [1.807, 2.05) is 43.3 Å². The van der Waals surface area contributed by atoms with Gasteiger partial charge >= 0.3 is 6.03 Å². The molecule has 2 aliphatic heterocycles. The number of carbonyl (C=O) groups is 1. The van der Waals surface area contributed by atoms with E-state index in [1.165, 1.54) is 6.42 Å². The Morgan fingerprint density at radius 3 is 2.68 bits per heavy atom. The number of likely N-dealkylation sites (tertiary alicyclic amines) is 1. The summed E-state index contributed by atoms with van der Waals surface area (Å²) in [4.78, 5) is 16.9. The molecule has 2 amide bonds. The molecule has 0 saturated carbocycles. The summed E-state index contributed by atoms with van der Waals surface area (Å²) >= 11 is 0. The lowest BCUT2D eigenvalue weighted by Gasteiger charge is -2.33. The van der Waals surface area contributed by atoms with Gasteiger partial charge in [0, 0.05) is 46.4 Å². The molecule has 6 heteroatoms. The van der Waals surface area contributed by atoms with Gasteiger partial charge in [0.05, 0.1) is 18.0 Å². The van der Waals surface area contributed by atoms with E-state index in [-0.39, 0.29) is 12.1 Å². The van der Waals surface area contributed by atoms with Crippen LogP contribution < -0.4 is 15.5 Å². The van der Waals surface area contributed by atoms with Crippen molar-refractivity contribution < 1.29 is 9.53 Å². The number of para-hydroxylation sites is 2. The first-order chi connectivity index (χ1) is 12.1. The van der Waals surface area contributed by atoms with Crippen molar-refractivity contribution >= 4 is 17.4 Å². The van der Waals surface area contributed by atoms with E-state index >= 15 is 0 Å². The number of carbonyl (C=O) groups excluding carboxylic acids is 1. The number of nitrogens with one attached hydrogen (secondary N) is 2. The highest BCUT2D eigenvalue weighted by molar-refractivity contribution is 5.93. The molecule has 1 atom stereocenters. The van der Waals surface area contributed by atoms with Gasteiger partial charge in [0.15, 0.2) is 0 Å². The van der Waals surface area contributed by atoms with Crippen LogP contribution >= 0.6 is 0 Å². The van der Waals surface area contributed by atoms with Gasteiger partial charge in [-0.3, -0.25) is 0 Å². The highest BCUT2D eigenvalue weighted by Crippen LogP contribution is 2.23. The zero-order valence-electron chi connectivity index (χ0n) is 15.3. The number of anilines is 2. The molecule has 25 heavy (non-hydrogen) atoms. The maximum atomic E-state index is 12.3.